The SMILES string of the molecule is COc1c(F)cc(S(=O)(=O)NC2CCNCC2)cc1[N+](=O)[O-].Cl. The van der Waals surface area contributed by atoms with E-state index in [0.717, 1.165) is 19.2 Å². The third-order valence-electron chi connectivity index (χ3n) is 3.37. The molecule has 11 heteroatoms. The molecule has 0 unspecified atom stereocenters. The Labute approximate surface area is 139 Å². The van der Waals surface area contributed by atoms with Crippen molar-refractivity contribution >= 4 is 28.1 Å². The number of nitrogens with zero attached hydrogens (tertiary/aromatic N) is 1. The van der Waals surface area contributed by atoms with Crippen molar-refractivity contribution in [2.24, 2.45) is 0 Å². The van der Waals surface area contributed by atoms with Crippen LogP contribution in [0.5, 0.6) is 5.75 Å². The maximum Gasteiger partial charge on any atom is 0.315 e. The summed E-state index contributed by atoms with van der Waals surface area (Å²) in [6.45, 7) is 1.34. The molecule has 0 aromatic heterocycles. The molecule has 0 aliphatic carbocycles. The molecule has 2 rings (SSSR count). The van der Waals surface area contributed by atoms with Crippen molar-refractivity contribution in [3.05, 3.63) is 28.1 Å². The van der Waals surface area contributed by atoms with E-state index >= 15 is 0 Å². The first kappa shape index (κ1) is 19.6. The lowest BCUT2D eigenvalue weighted by Crippen LogP contribution is -2.42. The third kappa shape index (κ3) is 4.50. The fraction of sp³-hybridized carbons (Fsp3) is 0.500. The molecule has 1 aliphatic rings. The maximum atomic E-state index is 13.8. The minimum absolute atomic E-state index is 0. The molecular weight excluding hydrogens is 353 g/mol. The number of ether oxygens (including phenoxy) is 1. The first-order valence-corrected chi connectivity index (χ1v) is 8.08. The van der Waals surface area contributed by atoms with Gasteiger partial charge in [0, 0.05) is 12.1 Å². The molecule has 0 atom stereocenters. The van der Waals surface area contributed by atoms with Gasteiger partial charge in [0.25, 0.3) is 0 Å². The summed E-state index contributed by atoms with van der Waals surface area (Å²) in [6.07, 6.45) is 1.19. The molecule has 1 aliphatic heterocycles. The van der Waals surface area contributed by atoms with Gasteiger partial charge in [-0.15, -0.1) is 12.4 Å². The Morgan fingerprint density at radius 2 is 2.00 bits per heavy atom. The molecule has 0 saturated carbocycles. The zero-order chi connectivity index (χ0) is 16.3. The van der Waals surface area contributed by atoms with Crippen LogP contribution >= 0.6 is 12.4 Å². The molecule has 1 fully saturated rings. The smallest absolute Gasteiger partial charge is 0.315 e. The molecule has 0 amide bonds. The van der Waals surface area contributed by atoms with Crippen molar-refractivity contribution in [3.8, 4) is 5.75 Å². The Bertz CT molecular complexity index is 680. The number of hydrogen-bond donors (Lipinski definition) is 2. The van der Waals surface area contributed by atoms with Crippen LogP contribution < -0.4 is 14.8 Å². The van der Waals surface area contributed by atoms with Gasteiger partial charge >= 0.3 is 5.69 Å². The summed E-state index contributed by atoms with van der Waals surface area (Å²) in [6, 6.07) is 1.23. The van der Waals surface area contributed by atoms with Gasteiger partial charge in [0.2, 0.25) is 15.8 Å². The molecule has 23 heavy (non-hydrogen) atoms. The molecule has 0 bridgehead atoms. The topological polar surface area (TPSA) is 111 Å². The van der Waals surface area contributed by atoms with Gasteiger partial charge in [-0.05, 0) is 32.0 Å². The van der Waals surface area contributed by atoms with Gasteiger partial charge in [-0.2, -0.15) is 0 Å². The number of rotatable bonds is 5. The van der Waals surface area contributed by atoms with Gasteiger partial charge in [0.05, 0.1) is 16.9 Å². The van der Waals surface area contributed by atoms with E-state index < -0.39 is 37.1 Å². The highest BCUT2D eigenvalue weighted by molar-refractivity contribution is 7.89. The Morgan fingerprint density at radius 3 is 2.52 bits per heavy atom. The van der Waals surface area contributed by atoms with E-state index in [1.165, 1.54) is 0 Å². The fourth-order valence-corrected chi connectivity index (χ4v) is 3.61. The Balaban J connectivity index is 0.00000264. The lowest BCUT2D eigenvalue weighted by Gasteiger charge is -2.23. The number of sulfonamides is 1. The molecular formula is C12H17ClFN3O5S. The van der Waals surface area contributed by atoms with Crippen LogP contribution in [0.2, 0.25) is 0 Å². The molecule has 0 spiro atoms. The molecule has 8 nitrogen and oxygen atoms in total. The molecule has 2 N–H and O–H groups in total. The van der Waals surface area contributed by atoms with Crippen molar-refractivity contribution in [1.29, 1.82) is 0 Å². The lowest BCUT2D eigenvalue weighted by atomic mass is 10.1. The standard InChI is InChI=1S/C12H16FN3O5S.ClH/c1-21-12-10(13)6-9(7-11(12)16(17)18)22(19,20)15-8-2-4-14-5-3-8;/h6-8,14-15H,2-5H2,1H3;1H. The number of methoxy groups -OCH3 is 1. The van der Waals surface area contributed by atoms with E-state index in [4.69, 9.17) is 0 Å². The third-order valence-corrected chi connectivity index (χ3v) is 4.87. The van der Waals surface area contributed by atoms with Crippen LogP contribution in [0.1, 0.15) is 12.8 Å². The lowest BCUT2D eigenvalue weighted by molar-refractivity contribution is -0.386. The van der Waals surface area contributed by atoms with E-state index in [0.29, 0.717) is 25.9 Å². The summed E-state index contributed by atoms with van der Waals surface area (Å²) in [5, 5.41) is 14.0. The summed E-state index contributed by atoms with van der Waals surface area (Å²) < 4.78 is 45.4. The Hall–Kier alpha value is -1.49. The van der Waals surface area contributed by atoms with Crippen molar-refractivity contribution in [1.82, 2.24) is 10.0 Å². The van der Waals surface area contributed by atoms with Gasteiger partial charge in [-0.25, -0.2) is 17.5 Å². The van der Waals surface area contributed by atoms with Crippen molar-refractivity contribution < 1.29 is 22.5 Å². The van der Waals surface area contributed by atoms with E-state index in [2.05, 4.69) is 14.8 Å². The zero-order valence-electron chi connectivity index (χ0n) is 12.2. The van der Waals surface area contributed by atoms with E-state index in [1.54, 1.807) is 0 Å². The van der Waals surface area contributed by atoms with Gasteiger partial charge in [-0.1, -0.05) is 0 Å². The number of nitro groups is 1. The highest BCUT2D eigenvalue weighted by Crippen LogP contribution is 2.32. The van der Waals surface area contributed by atoms with Crippen LogP contribution in [-0.2, 0) is 10.0 Å². The number of nitro benzene ring substituents is 1. The number of piperidine rings is 1. The first-order valence-electron chi connectivity index (χ1n) is 6.60. The normalized spacial score (nSPS) is 15.7. The molecule has 1 saturated heterocycles. The van der Waals surface area contributed by atoms with Gasteiger partial charge < -0.3 is 10.1 Å². The largest absolute Gasteiger partial charge is 0.488 e. The van der Waals surface area contributed by atoms with Crippen molar-refractivity contribution in [2.45, 2.75) is 23.8 Å². The van der Waals surface area contributed by atoms with Crippen LogP contribution in [0, 0.1) is 15.9 Å². The number of halogens is 2. The summed E-state index contributed by atoms with van der Waals surface area (Å²) in [4.78, 5) is 9.56. The van der Waals surface area contributed by atoms with Crippen LogP contribution in [0.4, 0.5) is 10.1 Å². The van der Waals surface area contributed by atoms with Crippen molar-refractivity contribution in [3.63, 3.8) is 0 Å². The second kappa shape index (κ2) is 7.86. The van der Waals surface area contributed by atoms with Crippen LogP contribution in [0.25, 0.3) is 0 Å². The van der Waals surface area contributed by atoms with E-state index in [-0.39, 0.29) is 18.4 Å². The molecule has 1 heterocycles. The van der Waals surface area contributed by atoms with E-state index in [9.17, 15) is 22.9 Å². The van der Waals surface area contributed by atoms with Gasteiger partial charge in [-0.3, -0.25) is 10.1 Å². The van der Waals surface area contributed by atoms with Crippen molar-refractivity contribution in [2.75, 3.05) is 20.2 Å². The van der Waals surface area contributed by atoms with Crippen LogP contribution in [0.15, 0.2) is 17.0 Å². The first-order chi connectivity index (χ1) is 10.3. The minimum Gasteiger partial charge on any atom is -0.488 e. The average molecular weight is 370 g/mol. The summed E-state index contributed by atoms with van der Waals surface area (Å²) in [5.41, 5.74) is -0.729. The quantitative estimate of drug-likeness (QED) is 0.596. The molecule has 1 aromatic carbocycles. The highest BCUT2D eigenvalue weighted by atomic mass is 35.5. The van der Waals surface area contributed by atoms with Crippen LogP contribution in [-0.4, -0.2) is 39.6 Å². The van der Waals surface area contributed by atoms with E-state index in [1.807, 2.05) is 0 Å². The summed E-state index contributed by atoms with van der Waals surface area (Å²) in [5.74, 6) is -1.69. The Kier molecular flexibility index (Phi) is 6.69. The number of nitrogens with one attached hydrogen (secondary N) is 2. The fourth-order valence-electron chi connectivity index (χ4n) is 2.27. The van der Waals surface area contributed by atoms with Gasteiger partial charge in [0.15, 0.2) is 5.82 Å². The number of hydrogen-bond acceptors (Lipinski definition) is 6. The van der Waals surface area contributed by atoms with Crippen LogP contribution in [0.3, 0.4) is 0 Å². The molecule has 0 radical (unpaired) electrons. The predicted octanol–water partition coefficient (Wildman–Crippen LogP) is 1.19. The summed E-state index contributed by atoms with van der Waals surface area (Å²) in [7, 11) is -2.96. The molecule has 1 aromatic rings. The second-order valence-electron chi connectivity index (χ2n) is 4.86. The second-order valence-corrected chi connectivity index (χ2v) is 6.57. The predicted molar refractivity (Wildman–Crippen MR) is 83.1 cm³/mol. The Morgan fingerprint density at radius 1 is 1.39 bits per heavy atom. The van der Waals surface area contributed by atoms with Gasteiger partial charge in [0.1, 0.15) is 0 Å². The summed E-state index contributed by atoms with van der Waals surface area (Å²) >= 11 is 0. The monoisotopic (exact) mass is 369 g/mol. The average Bonchev–Trinajstić information content (AvgIpc) is 2.46. The highest BCUT2D eigenvalue weighted by Gasteiger charge is 2.28. The maximum absolute atomic E-state index is 13.8. The zero-order valence-corrected chi connectivity index (χ0v) is 13.9. The minimum atomic E-state index is -4.04. The molecule has 130 valence electrons. The number of benzene rings is 1.